The normalized spacial score (nSPS) is 11.9. The van der Waals surface area contributed by atoms with Crippen LogP contribution in [0, 0.1) is 0 Å². The third kappa shape index (κ3) is 2.91. The topological polar surface area (TPSA) is 48.3 Å². The van der Waals surface area contributed by atoms with Gasteiger partial charge in [0.15, 0.2) is 6.10 Å². The van der Waals surface area contributed by atoms with Gasteiger partial charge in [0, 0.05) is 18.8 Å². The van der Waals surface area contributed by atoms with Crippen LogP contribution in [0.4, 0.5) is 0 Å². The van der Waals surface area contributed by atoms with Crippen LogP contribution in [0.1, 0.15) is 27.8 Å². The summed E-state index contributed by atoms with van der Waals surface area (Å²) in [4.78, 5) is 23.9. The second-order valence-corrected chi connectivity index (χ2v) is 4.28. The molecule has 1 aromatic heterocycles. The van der Waals surface area contributed by atoms with Gasteiger partial charge in [0.2, 0.25) is 5.78 Å². The predicted molar refractivity (Wildman–Crippen MR) is 71.1 cm³/mol. The molecule has 1 unspecified atom stereocenters. The largest absolute Gasteiger partial charge is 0.450 e. The van der Waals surface area contributed by atoms with Gasteiger partial charge in [0.25, 0.3) is 0 Å². The number of carbonyl (C=O) groups is 2. The Hall–Kier alpha value is -2.36. The summed E-state index contributed by atoms with van der Waals surface area (Å²) < 4.78 is 6.84. The van der Waals surface area contributed by atoms with Gasteiger partial charge in [-0.1, -0.05) is 30.3 Å². The Labute approximate surface area is 111 Å². The molecule has 0 fully saturated rings. The molecule has 1 aromatic carbocycles. The molecule has 1 atom stereocenters. The van der Waals surface area contributed by atoms with Gasteiger partial charge in [-0.05, 0) is 19.1 Å². The van der Waals surface area contributed by atoms with Crippen molar-refractivity contribution >= 4 is 11.8 Å². The van der Waals surface area contributed by atoms with Crippen molar-refractivity contribution in [3.8, 4) is 0 Å². The Morgan fingerprint density at radius 1 is 1.11 bits per heavy atom. The summed E-state index contributed by atoms with van der Waals surface area (Å²) >= 11 is 0. The molecular formula is C15H15NO3. The van der Waals surface area contributed by atoms with Crippen LogP contribution in [0.25, 0.3) is 0 Å². The van der Waals surface area contributed by atoms with Gasteiger partial charge in [-0.15, -0.1) is 0 Å². The van der Waals surface area contributed by atoms with E-state index in [9.17, 15) is 9.59 Å². The molecule has 0 saturated carbocycles. The number of carbonyl (C=O) groups excluding carboxylic acids is 2. The lowest BCUT2D eigenvalue weighted by Gasteiger charge is -2.12. The van der Waals surface area contributed by atoms with Crippen molar-refractivity contribution in [2.75, 3.05) is 0 Å². The molecule has 4 heteroatoms. The zero-order valence-electron chi connectivity index (χ0n) is 10.9. The van der Waals surface area contributed by atoms with Crippen LogP contribution in [0.3, 0.4) is 0 Å². The number of ether oxygens (including phenoxy) is 1. The van der Waals surface area contributed by atoms with Gasteiger partial charge in [0.1, 0.15) is 5.69 Å². The predicted octanol–water partition coefficient (Wildman–Crippen LogP) is 2.45. The fraction of sp³-hybridized carbons (Fsp3) is 0.200. The monoisotopic (exact) mass is 257 g/mol. The van der Waals surface area contributed by atoms with E-state index < -0.39 is 12.1 Å². The van der Waals surface area contributed by atoms with E-state index >= 15 is 0 Å². The van der Waals surface area contributed by atoms with Crippen molar-refractivity contribution in [1.82, 2.24) is 4.57 Å². The molecule has 2 rings (SSSR count). The van der Waals surface area contributed by atoms with Crippen LogP contribution in [0.2, 0.25) is 0 Å². The van der Waals surface area contributed by atoms with Gasteiger partial charge >= 0.3 is 5.97 Å². The average molecular weight is 257 g/mol. The molecule has 2 aromatic rings. The minimum atomic E-state index is -0.801. The highest BCUT2D eigenvalue weighted by Crippen LogP contribution is 2.09. The number of esters is 1. The molecule has 0 aliphatic heterocycles. The maximum Gasteiger partial charge on any atom is 0.355 e. The number of aryl methyl sites for hydroxylation is 1. The molecule has 4 nitrogen and oxygen atoms in total. The van der Waals surface area contributed by atoms with Crippen LogP contribution in [0.15, 0.2) is 48.7 Å². The molecule has 0 N–H and O–H groups in total. The van der Waals surface area contributed by atoms with Crippen molar-refractivity contribution in [2.24, 2.45) is 7.05 Å². The summed E-state index contributed by atoms with van der Waals surface area (Å²) in [7, 11) is 1.75. The third-order valence-electron chi connectivity index (χ3n) is 2.86. The Morgan fingerprint density at radius 2 is 1.79 bits per heavy atom. The third-order valence-corrected chi connectivity index (χ3v) is 2.86. The summed E-state index contributed by atoms with van der Waals surface area (Å²) in [5.74, 6) is -0.701. The lowest BCUT2D eigenvalue weighted by Crippen LogP contribution is -2.25. The number of Topliss-reactive ketones (excluding diaryl/α,β-unsaturated/α-hetero) is 1. The molecule has 0 amide bonds. The van der Waals surface area contributed by atoms with E-state index in [1.165, 1.54) is 0 Å². The van der Waals surface area contributed by atoms with Gasteiger partial charge in [-0.3, -0.25) is 4.79 Å². The highest BCUT2D eigenvalue weighted by atomic mass is 16.5. The van der Waals surface area contributed by atoms with Gasteiger partial charge in [-0.25, -0.2) is 4.79 Å². The van der Waals surface area contributed by atoms with Gasteiger partial charge < -0.3 is 9.30 Å². The van der Waals surface area contributed by atoms with Crippen molar-refractivity contribution in [2.45, 2.75) is 13.0 Å². The Bertz CT molecular complexity index is 586. The maximum atomic E-state index is 12.1. The molecule has 1 heterocycles. The van der Waals surface area contributed by atoms with Crippen LogP contribution < -0.4 is 0 Å². The number of aromatic nitrogens is 1. The number of benzene rings is 1. The summed E-state index contributed by atoms with van der Waals surface area (Å²) in [6, 6.07) is 12.2. The molecule has 0 aliphatic rings. The fourth-order valence-electron chi connectivity index (χ4n) is 1.78. The fourth-order valence-corrected chi connectivity index (χ4v) is 1.78. The molecule has 0 aliphatic carbocycles. The minimum Gasteiger partial charge on any atom is -0.450 e. The first-order valence-electron chi connectivity index (χ1n) is 6.01. The second kappa shape index (κ2) is 5.52. The quantitative estimate of drug-likeness (QED) is 0.624. The highest BCUT2D eigenvalue weighted by Gasteiger charge is 2.21. The van der Waals surface area contributed by atoms with E-state index in [2.05, 4.69) is 0 Å². The highest BCUT2D eigenvalue weighted by molar-refractivity contribution is 6.01. The first kappa shape index (κ1) is 13.1. The second-order valence-electron chi connectivity index (χ2n) is 4.28. The zero-order valence-corrected chi connectivity index (χ0v) is 10.9. The van der Waals surface area contributed by atoms with Crippen LogP contribution in [-0.4, -0.2) is 22.4 Å². The first-order chi connectivity index (χ1) is 9.09. The number of ketones is 1. The van der Waals surface area contributed by atoms with Crippen LogP contribution >= 0.6 is 0 Å². The van der Waals surface area contributed by atoms with E-state index in [1.54, 1.807) is 61.1 Å². The van der Waals surface area contributed by atoms with E-state index in [0.29, 0.717) is 11.3 Å². The standard InChI is InChI=1S/C15H15NO3/c1-11(14(17)12-7-4-3-5-8-12)19-15(18)13-9-6-10-16(13)2/h3-11H,1-2H3. The van der Waals surface area contributed by atoms with E-state index in [4.69, 9.17) is 4.74 Å². The molecule has 0 bridgehead atoms. The number of hydrogen-bond acceptors (Lipinski definition) is 3. The van der Waals surface area contributed by atoms with E-state index in [0.717, 1.165) is 0 Å². The number of nitrogens with zero attached hydrogens (tertiary/aromatic N) is 1. The van der Waals surface area contributed by atoms with Gasteiger partial charge in [-0.2, -0.15) is 0 Å². The molecule has 19 heavy (non-hydrogen) atoms. The average Bonchev–Trinajstić information content (AvgIpc) is 2.85. The smallest absolute Gasteiger partial charge is 0.355 e. The summed E-state index contributed by atoms with van der Waals surface area (Å²) in [6.45, 7) is 1.58. The van der Waals surface area contributed by atoms with Crippen LogP contribution in [0.5, 0.6) is 0 Å². The Kier molecular flexibility index (Phi) is 3.80. The van der Waals surface area contributed by atoms with Crippen molar-refractivity contribution in [3.05, 3.63) is 59.9 Å². The molecule has 98 valence electrons. The first-order valence-corrected chi connectivity index (χ1v) is 6.01. The zero-order chi connectivity index (χ0) is 13.8. The summed E-state index contributed by atoms with van der Waals surface area (Å²) in [6.07, 6.45) is 0.949. The number of rotatable bonds is 4. The minimum absolute atomic E-state index is 0.205. The molecule has 0 saturated heterocycles. The van der Waals surface area contributed by atoms with Crippen molar-refractivity contribution in [3.63, 3.8) is 0 Å². The van der Waals surface area contributed by atoms with Crippen molar-refractivity contribution in [1.29, 1.82) is 0 Å². The number of hydrogen-bond donors (Lipinski definition) is 0. The lowest BCUT2D eigenvalue weighted by molar-refractivity contribution is 0.0309. The lowest BCUT2D eigenvalue weighted by atomic mass is 10.1. The SMILES string of the molecule is CC(OC(=O)c1cccn1C)C(=O)c1ccccc1. The van der Waals surface area contributed by atoms with Gasteiger partial charge in [0.05, 0.1) is 0 Å². The molecular weight excluding hydrogens is 242 g/mol. The van der Waals surface area contributed by atoms with Crippen LogP contribution in [-0.2, 0) is 11.8 Å². The Balaban J connectivity index is 2.06. The summed E-state index contributed by atoms with van der Waals surface area (Å²) in [5.41, 5.74) is 0.961. The van der Waals surface area contributed by atoms with E-state index in [-0.39, 0.29) is 5.78 Å². The molecule has 0 radical (unpaired) electrons. The maximum absolute atomic E-state index is 12.1. The molecule has 0 spiro atoms. The summed E-state index contributed by atoms with van der Waals surface area (Å²) in [5, 5.41) is 0. The van der Waals surface area contributed by atoms with E-state index in [1.807, 2.05) is 6.07 Å². The Morgan fingerprint density at radius 3 is 2.37 bits per heavy atom. The van der Waals surface area contributed by atoms with Crippen molar-refractivity contribution < 1.29 is 14.3 Å².